The number of nitrogens with zero attached hydrogens (tertiary/aromatic N) is 6. The van der Waals surface area contributed by atoms with Crippen LogP contribution in [0.3, 0.4) is 0 Å². The fourth-order valence-electron chi connectivity index (χ4n) is 5.63. The van der Waals surface area contributed by atoms with Crippen LogP contribution >= 0.6 is 11.8 Å². The number of aromatic nitrogens is 4. The Balaban J connectivity index is 1.03. The first-order valence-corrected chi connectivity index (χ1v) is 15.5. The van der Waals surface area contributed by atoms with Crippen LogP contribution < -0.4 is 9.64 Å². The normalized spacial score (nSPS) is 13.7. The van der Waals surface area contributed by atoms with E-state index in [2.05, 4.69) is 75.1 Å². The highest BCUT2D eigenvalue weighted by Crippen LogP contribution is 2.30. The minimum absolute atomic E-state index is 0.236. The van der Waals surface area contributed by atoms with Crippen LogP contribution in [0.5, 0.6) is 5.75 Å². The first kappa shape index (κ1) is 28.0. The zero-order valence-electron chi connectivity index (χ0n) is 24.2. The highest BCUT2D eigenvalue weighted by molar-refractivity contribution is 7.99. The van der Waals surface area contributed by atoms with Gasteiger partial charge in [-0.25, -0.2) is 4.98 Å². The summed E-state index contributed by atoms with van der Waals surface area (Å²) in [7, 11) is 1.70. The van der Waals surface area contributed by atoms with Crippen LogP contribution in [-0.2, 0) is 11.3 Å². The topological polar surface area (TPSA) is 76.4 Å². The number of unbranched alkanes of at least 4 members (excludes halogenated alkanes) is 1. The number of piperazine rings is 1. The minimum Gasteiger partial charge on any atom is -0.495 e. The Labute approximate surface area is 250 Å². The van der Waals surface area contributed by atoms with Crippen molar-refractivity contribution in [3.63, 3.8) is 0 Å². The lowest BCUT2D eigenvalue weighted by atomic mass is 10.1. The van der Waals surface area contributed by atoms with Gasteiger partial charge in [0.2, 0.25) is 11.1 Å². The maximum absolute atomic E-state index is 12.9. The third-order valence-electron chi connectivity index (χ3n) is 7.86. The second kappa shape index (κ2) is 12.8. The number of methoxy groups -OCH3 is 1. The van der Waals surface area contributed by atoms with E-state index in [-0.39, 0.29) is 5.91 Å². The molecule has 1 saturated heterocycles. The molecular formula is C33H36N6O2S. The third kappa shape index (κ3) is 6.06. The van der Waals surface area contributed by atoms with Crippen molar-refractivity contribution in [2.45, 2.75) is 37.9 Å². The fourth-order valence-corrected chi connectivity index (χ4v) is 6.41. The van der Waals surface area contributed by atoms with Gasteiger partial charge in [0.1, 0.15) is 11.3 Å². The Morgan fingerprint density at radius 2 is 1.71 bits per heavy atom. The van der Waals surface area contributed by atoms with Gasteiger partial charge in [-0.05, 0) is 49.6 Å². The second-order valence-corrected chi connectivity index (χ2v) is 11.8. The number of benzene rings is 3. The Morgan fingerprint density at radius 3 is 2.52 bits per heavy atom. The summed E-state index contributed by atoms with van der Waals surface area (Å²) < 4.78 is 7.75. The molecule has 0 aliphatic carbocycles. The first-order valence-electron chi connectivity index (χ1n) is 14.6. The van der Waals surface area contributed by atoms with Crippen LogP contribution in [0.2, 0.25) is 0 Å². The van der Waals surface area contributed by atoms with E-state index >= 15 is 0 Å². The molecule has 0 N–H and O–H groups in total. The zero-order chi connectivity index (χ0) is 28.9. The number of aryl methyl sites for hydroxylation is 1. The van der Waals surface area contributed by atoms with Crippen molar-refractivity contribution in [1.82, 2.24) is 24.6 Å². The Hall–Kier alpha value is -4.11. The summed E-state index contributed by atoms with van der Waals surface area (Å²) in [6.45, 7) is 5.92. The number of carbonyl (C=O) groups excluding carboxylic acids is 1. The lowest BCUT2D eigenvalue weighted by Gasteiger charge is -2.36. The predicted octanol–water partition coefficient (Wildman–Crippen LogP) is 5.96. The van der Waals surface area contributed by atoms with Gasteiger partial charge >= 0.3 is 0 Å². The van der Waals surface area contributed by atoms with E-state index in [0.29, 0.717) is 11.6 Å². The number of ether oxygens (including phenoxy) is 1. The summed E-state index contributed by atoms with van der Waals surface area (Å²) in [5, 5.41) is 10.8. The molecule has 0 unspecified atom stereocenters. The molecule has 5 aromatic rings. The lowest BCUT2D eigenvalue weighted by Crippen LogP contribution is -2.48. The molecule has 1 amide bonds. The molecule has 1 fully saturated rings. The molecule has 0 saturated carbocycles. The van der Waals surface area contributed by atoms with Gasteiger partial charge in [0, 0.05) is 50.3 Å². The van der Waals surface area contributed by atoms with E-state index < -0.39 is 0 Å². The van der Waals surface area contributed by atoms with Crippen LogP contribution in [0.15, 0.2) is 78.0 Å². The standard InChI is InChI=1S/C33H36N6O2S/c1-24-15-16-27-26(22-24)31-32(39(27)23-25-10-4-3-5-11-25)34-33(36-35-31)42-21-9-8-14-30(40)38-19-17-37(18-20-38)28-12-6-7-13-29(28)41-2/h3-7,10-13,15-16,22H,8-9,14,17-21,23H2,1-2H3. The van der Waals surface area contributed by atoms with Crippen LogP contribution in [0, 0.1) is 6.92 Å². The largest absolute Gasteiger partial charge is 0.495 e. The SMILES string of the molecule is COc1ccccc1N1CCN(C(=O)CCCCSc2nnc3c4cc(C)ccc4n(Cc4ccccc4)c3n2)CC1. The summed E-state index contributed by atoms with van der Waals surface area (Å²) in [5.74, 6) is 1.96. The molecule has 216 valence electrons. The summed E-state index contributed by atoms with van der Waals surface area (Å²) in [5.41, 5.74) is 6.31. The Bertz CT molecular complexity index is 1680. The van der Waals surface area contributed by atoms with E-state index in [1.807, 2.05) is 29.2 Å². The number of anilines is 1. The maximum Gasteiger partial charge on any atom is 0.222 e. The fraction of sp³-hybridized carbons (Fsp3) is 0.333. The van der Waals surface area contributed by atoms with Crippen molar-refractivity contribution in [2.75, 3.05) is 43.9 Å². The van der Waals surface area contributed by atoms with E-state index in [1.165, 1.54) is 11.1 Å². The highest BCUT2D eigenvalue weighted by Gasteiger charge is 2.22. The molecule has 0 radical (unpaired) electrons. The van der Waals surface area contributed by atoms with Crippen molar-refractivity contribution in [3.05, 3.63) is 83.9 Å². The molecule has 42 heavy (non-hydrogen) atoms. The summed E-state index contributed by atoms with van der Waals surface area (Å²) in [6.07, 6.45) is 2.34. The molecule has 3 aromatic carbocycles. The smallest absolute Gasteiger partial charge is 0.222 e. The molecule has 0 atom stereocenters. The van der Waals surface area contributed by atoms with E-state index in [0.717, 1.165) is 84.8 Å². The monoisotopic (exact) mass is 580 g/mol. The van der Waals surface area contributed by atoms with Gasteiger partial charge in [-0.1, -0.05) is 65.9 Å². The number of para-hydroxylation sites is 2. The van der Waals surface area contributed by atoms with Crippen LogP contribution in [0.4, 0.5) is 5.69 Å². The number of hydrogen-bond donors (Lipinski definition) is 0. The Morgan fingerprint density at radius 1 is 0.929 bits per heavy atom. The summed E-state index contributed by atoms with van der Waals surface area (Å²) in [6, 6.07) is 25.0. The van der Waals surface area contributed by atoms with Crippen molar-refractivity contribution in [1.29, 1.82) is 0 Å². The molecule has 0 bridgehead atoms. The van der Waals surface area contributed by atoms with Gasteiger partial charge in [0.05, 0.1) is 18.3 Å². The van der Waals surface area contributed by atoms with Gasteiger partial charge in [-0.2, -0.15) is 0 Å². The quantitative estimate of drug-likeness (QED) is 0.149. The second-order valence-electron chi connectivity index (χ2n) is 10.7. The van der Waals surface area contributed by atoms with E-state index in [1.54, 1.807) is 18.9 Å². The average Bonchev–Trinajstić information content (AvgIpc) is 3.32. The molecule has 0 spiro atoms. The lowest BCUT2D eigenvalue weighted by molar-refractivity contribution is -0.131. The minimum atomic E-state index is 0.236. The molecular weight excluding hydrogens is 544 g/mol. The number of fused-ring (bicyclic) bond motifs is 3. The number of thioether (sulfide) groups is 1. The Kier molecular flexibility index (Phi) is 8.55. The van der Waals surface area contributed by atoms with Crippen LogP contribution in [0.1, 0.15) is 30.4 Å². The zero-order valence-corrected chi connectivity index (χ0v) is 25.0. The number of rotatable bonds is 10. The molecule has 2 aromatic heterocycles. The number of carbonyl (C=O) groups is 1. The highest BCUT2D eigenvalue weighted by atomic mass is 32.2. The molecule has 1 aliphatic heterocycles. The van der Waals surface area contributed by atoms with E-state index in [4.69, 9.17) is 9.72 Å². The maximum atomic E-state index is 12.9. The third-order valence-corrected chi connectivity index (χ3v) is 8.78. The van der Waals surface area contributed by atoms with E-state index in [9.17, 15) is 4.79 Å². The summed E-state index contributed by atoms with van der Waals surface area (Å²) in [4.78, 5) is 22.1. The summed E-state index contributed by atoms with van der Waals surface area (Å²) >= 11 is 1.61. The predicted molar refractivity (Wildman–Crippen MR) is 169 cm³/mol. The van der Waals surface area contributed by atoms with Gasteiger partial charge < -0.3 is 19.1 Å². The van der Waals surface area contributed by atoms with Gasteiger partial charge in [-0.15, -0.1) is 10.2 Å². The first-order chi connectivity index (χ1) is 20.6. The molecule has 6 rings (SSSR count). The van der Waals surface area contributed by atoms with Crippen molar-refractivity contribution < 1.29 is 9.53 Å². The molecule has 8 nitrogen and oxygen atoms in total. The number of hydrogen-bond acceptors (Lipinski definition) is 7. The molecule has 3 heterocycles. The van der Waals surface area contributed by atoms with Crippen molar-refractivity contribution in [2.24, 2.45) is 0 Å². The average molecular weight is 581 g/mol. The molecule has 1 aliphatic rings. The molecule has 9 heteroatoms. The van der Waals surface area contributed by atoms with Gasteiger partial charge in [-0.3, -0.25) is 4.79 Å². The van der Waals surface area contributed by atoms with Gasteiger partial charge in [0.25, 0.3) is 0 Å². The van der Waals surface area contributed by atoms with Crippen LogP contribution in [-0.4, -0.2) is 69.6 Å². The van der Waals surface area contributed by atoms with Gasteiger partial charge in [0.15, 0.2) is 5.65 Å². The van der Waals surface area contributed by atoms with Crippen molar-refractivity contribution >= 4 is 45.4 Å². The van der Waals surface area contributed by atoms with Crippen molar-refractivity contribution in [3.8, 4) is 5.75 Å². The van der Waals surface area contributed by atoms with Crippen LogP contribution in [0.25, 0.3) is 22.1 Å². The number of amides is 1.